The fourth-order valence-corrected chi connectivity index (χ4v) is 1.95. The zero-order valence-electron chi connectivity index (χ0n) is 10.7. The Morgan fingerprint density at radius 2 is 2.16 bits per heavy atom. The molecule has 0 radical (unpaired) electrons. The minimum Gasteiger partial charge on any atom is -0.323 e. The molecule has 2 rings (SSSR count). The first-order valence-electron chi connectivity index (χ1n) is 6.19. The van der Waals surface area contributed by atoms with Crippen LogP contribution in [0.5, 0.6) is 0 Å². The van der Waals surface area contributed by atoms with Gasteiger partial charge in [0.1, 0.15) is 23.8 Å². The lowest BCUT2D eigenvalue weighted by Gasteiger charge is -2.13. The Morgan fingerprint density at radius 3 is 2.84 bits per heavy atom. The van der Waals surface area contributed by atoms with Crippen molar-refractivity contribution in [3.63, 3.8) is 0 Å². The van der Waals surface area contributed by atoms with Crippen LogP contribution in [0.4, 0.5) is 8.78 Å². The third kappa shape index (κ3) is 3.14. The molecule has 2 aromatic rings. The van der Waals surface area contributed by atoms with Crippen LogP contribution in [0.15, 0.2) is 24.5 Å². The molecule has 0 fully saturated rings. The van der Waals surface area contributed by atoms with Crippen LogP contribution in [0.25, 0.3) is 0 Å². The van der Waals surface area contributed by atoms with Gasteiger partial charge in [0.05, 0.1) is 0 Å². The Bertz CT molecular complexity index is 553. The maximum absolute atomic E-state index is 13.6. The largest absolute Gasteiger partial charge is 0.323 e. The van der Waals surface area contributed by atoms with Crippen LogP contribution >= 0.6 is 0 Å². The molecule has 1 heterocycles. The first-order valence-corrected chi connectivity index (χ1v) is 6.19. The summed E-state index contributed by atoms with van der Waals surface area (Å²) in [5.41, 5.74) is 6.24. The number of nitrogens with two attached hydrogens (primary N) is 1. The molecule has 0 saturated carbocycles. The van der Waals surface area contributed by atoms with Crippen LogP contribution in [-0.2, 0) is 13.0 Å². The van der Waals surface area contributed by atoms with Gasteiger partial charge in [-0.2, -0.15) is 5.10 Å². The van der Waals surface area contributed by atoms with Crippen molar-refractivity contribution in [2.45, 2.75) is 32.4 Å². The normalized spacial score (nSPS) is 12.6. The topological polar surface area (TPSA) is 56.7 Å². The molecule has 1 aromatic carbocycles. The summed E-state index contributed by atoms with van der Waals surface area (Å²) < 4.78 is 28.2. The van der Waals surface area contributed by atoms with Gasteiger partial charge in [0.15, 0.2) is 0 Å². The highest BCUT2D eigenvalue weighted by Gasteiger charge is 2.15. The van der Waals surface area contributed by atoms with E-state index in [1.807, 2.05) is 6.92 Å². The van der Waals surface area contributed by atoms with E-state index in [4.69, 9.17) is 5.73 Å². The van der Waals surface area contributed by atoms with Gasteiger partial charge in [-0.15, -0.1) is 0 Å². The van der Waals surface area contributed by atoms with Gasteiger partial charge in [-0.3, -0.25) is 4.68 Å². The molecule has 0 bridgehead atoms. The first-order chi connectivity index (χ1) is 9.11. The lowest BCUT2D eigenvalue weighted by atomic mass is 10.0. The number of halogens is 2. The highest BCUT2D eigenvalue weighted by molar-refractivity contribution is 5.22. The Balaban J connectivity index is 2.16. The number of benzene rings is 1. The summed E-state index contributed by atoms with van der Waals surface area (Å²) >= 11 is 0. The monoisotopic (exact) mass is 266 g/mol. The molecule has 0 aliphatic carbocycles. The summed E-state index contributed by atoms with van der Waals surface area (Å²) in [6.45, 7) is 2.78. The van der Waals surface area contributed by atoms with Gasteiger partial charge in [-0.05, 0) is 12.5 Å². The number of nitrogens with zero attached hydrogens (tertiary/aromatic N) is 3. The molecule has 1 atom stereocenters. The predicted octanol–water partition coefficient (Wildman–Crippen LogP) is 2.21. The lowest BCUT2D eigenvalue weighted by Crippen LogP contribution is -2.18. The van der Waals surface area contributed by atoms with Crippen LogP contribution in [0.2, 0.25) is 0 Å². The summed E-state index contributed by atoms with van der Waals surface area (Å²) in [7, 11) is 0. The molecule has 0 spiro atoms. The Hall–Kier alpha value is -1.82. The van der Waals surface area contributed by atoms with Gasteiger partial charge in [0.2, 0.25) is 0 Å². The predicted molar refractivity (Wildman–Crippen MR) is 67.3 cm³/mol. The summed E-state index contributed by atoms with van der Waals surface area (Å²) in [4.78, 5) is 4.12. The van der Waals surface area contributed by atoms with E-state index in [1.54, 1.807) is 4.68 Å². The van der Waals surface area contributed by atoms with Crippen LogP contribution < -0.4 is 5.73 Å². The molecule has 0 amide bonds. The van der Waals surface area contributed by atoms with Crippen molar-refractivity contribution in [3.8, 4) is 0 Å². The first kappa shape index (κ1) is 13.6. The Morgan fingerprint density at radius 1 is 1.37 bits per heavy atom. The summed E-state index contributed by atoms with van der Waals surface area (Å²) in [6.07, 6.45) is 2.75. The van der Waals surface area contributed by atoms with E-state index in [0.717, 1.165) is 19.0 Å². The third-order valence-corrected chi connectivity index (χ3v) is 2.90. The van der Waals surface area contributed by atoms with Crippen molar-refractivity contribution < 1.29 is 8.78 Å². The highest BCUT2D eigenvalue weighted by Crippen LogP contribution is 2.19. The van der Waals surface area contributed by atoms with Crippen LogP contribution in [0.1, 0.15) is 30.8 Å². The van der Waals surface area contributed by atoms with Gasteiger partial charge >= 0.3 is 0 Å². The van der Waals surface area contributed by atoms with E-state index >= 15 is 0 Å². The average molecular weight is 266 g/mol. The van der Waals surface area contributed by atoms with Gasteiger partial charge in [0.25, 0.3) is 0 Å². The van der Waals surface area contributed by atoms with E-state index in [-0.39, 0.29) is 5.56 Å². The zero-order chi connectivity index (χ0) is 13.8. The van der Waals surface area contributed by atoms with Crippen LogP contribution in [0.3, 0.4) is 0 Å². The quantitative estimate of drug-likeness (QED) is 0.902. The second-order valence-corrected chi connectivity index (χ2v) is 4.38. The number of aromatic nitrogens is 3. The number of hydrogen-bond acceptors (Lipinski definition) is 3. The van der Waals surface area contributed by atoms with E-state index in [2.05, 4.69) is 10.1 Å². The van der Waals surface area contributed by atoms with E-state index < -0.39 is 17.7 Å². The molecule has 0 aliphatic rings. The van der Waals surface area contributed by atoms with E-state index in [0.29, 0.717) is 12.2 Å². The van der Waals surface area contributed by atoms with Gasteiger partial charge in [0, 0.05) is 30.6 Å². The van der Waals surface area contributed by atoms with Crippen molar-refractivity contribution in [2.24, 2.45) is 5.73 Å². The molecule has 4 nitrogen and oxygen atoms in total. The lowest BCUT2D eigenvalue weighted by molar-refractivity contribution is 0.526. The molecule has 1 unspecified atom stereocenters. The number of hydrogen-bond donors (Lipinski definition) is 1. The fraction of sp³-hybridized carbons (Fsp3) is 0.385. The maximum Gasteiger partial charge on any atom is 0.138 e. The molecule has 1 aromatic heterocycles. The third-order valence-electron chi connectivity index (χ3n) is 2.90. The van der Waals surface area contributed by atoms with Crippen molar-refractivity contribution in [1.29, 1.82) is 0 Å². The second-order valence-electron chi connectivity index (χ2n) is 4.38. The number of aryl methyl sites for hydroxylation is 1. The highest BCUT2D eigenvalue weighted by atomic mass is 19.1. The SMILES string of the molecule is CCCn1ncnc1CC(N)c1ccc(F)cc1F. The molecule has 0 aliphatic heterocycles. The smallest absolute Gasteiger partial charge is 0.138 e. The summed E-state index contributed by atoms with van der Waals surface area (Å²) in [5.74, 6) is -0.533. The van der Waals surface area contributed by atoms with Crippen LogP contribution in [-0.4, -0.2) is 14.8 Å². The minimum atomic E-state index is -0.631. The zero-order valence-corrected chi connectivity index (χ0v) is 10.7. The standard InChI is InChI=1S/C13H16F2N4/c1-2-5-19-13(17-8-18-19)7-12(16)10-4-3-9(14)6-11(10)15/h3-4,6,8,12H,2,5,7,16H2,1H3. The van der Waals surface area contributed by atoms with E-state index in [9.17, 15) is 8.78 Å². The molecular formula is C13H16F2N4. The molecule has 0 saturated heterocycles. The second kappa shape index (κ2) is 5.88. The van der Waals surface area contributed by atoms with E-state index in [1.165, 1.54) is 18.5 Å². The fourth-order valence-electron chi connectivity index (χ4n) is 1.95. The van der Waals surface area contributed by atoms with Gasteiger partial charge < -0.3 is 5.73 Å². The van der Waals surface area contributed by atoms with Crippen molar-refractivity contribution in [3.05, 3.63) is 47.5 Å². The van der Waals surface area contributed by atoms with Gasteiger partial charge in [-0.1, -0.05) is 13.0 Å². The molecule has 2 N–H and O–H groups in total. The maximum atomic E-state index is 13.6. The summed E-state index contributed by atoms with van der Waals surface area (Å²) in [5, 5.41) is 4.09. The molecule has 19 heavy (non-hydrogen) atoms. The Labute approximate surface area is 110 Å². The Kier molecular flexibility index (Phi) is 4.21. The van der Waals surface area contributed by atoms with Crippen LogP contribution in [0, 0.1) is 11.6 Å². The van der Waals surface area contributed by atoms with Crippen molar-refractivity contribution in [1.82, 2.24) is 14.8 Å². The summed E-state index contributed by atoms with van der Waals surface area (Å²) in [6, 6.07) is 2.84. The molecule has 6 heteroatoms. The minimum absolute atomic E-state index is 0.285. The average Bonchev–Trinajstić information content (AvgIpc) is 2.77. The molecular weight excluding hydrogens is 250 g/mol. The van der Waals surface area contributed by atoms with Crippen molar-refractivity contribution in [2.75, 3.05) is 0 Å². The van der Waals surface area contributed by atoms with Gasteiger partial charge in [-0.25, -0.2) is 13.8 Å². The number of rotatable bonds is 5. The van der Waals surface area contributed by atoms with Crippen molar-refractivity contribution >= 4 is 0 Å². The molecule has 102 valence electrons.